The van der Waals surface area contributed by atoms with Gasteiger partial charge in [0, 0.05) is 38.3 Å². The van der Waals surface area contributed by atoms with E-state index in [1.807, 2.05) is 13.0 Å². The van der Waals surface area contributed by atoms with Gasteiger partial charge in [0.1, 0.15) is 5.82 Å². The number of piperazine rings is 1. The number of hydrogen-bond donors (Lipinski definition) is 0. The third kappa shape index (κ3) is 3.90. The zero-order chi connectivity index (χ0) is 21.4. The lowest BCUT2D eigenvalue weighted by Crippen LogP contribution is -2.47. The van der Waals surface area contributed by atoms with Crippen LogP contribution in [0.15, 0.2) is 54.6 Å². The molecule has 1 aromatic heterocycles. The Morgan fingerprint density at radius 3 is 2.26 bits per heavy atom. The molecule has 1 fully saturated rings. The van der Waals surface area contributed by atoms with Crippen LogP contribution < -0.4 is 9.80 Å². The van der Waals surface area contributed by atoms with Gasteiger partial charge in [-0.3, -0.25) is 4.79 Å². The van der Waals surface area contributed by atoms with Gasteiger partial charge >= 0.3 is 0 Å². The lowest BCUT2D eigenvalue weighted by molar-refractivity contribution is 0.0962. The summed E-state index contributed by atoms with van der Waals surface area (Å²) >= 11 is 0. The summed E-state index contributed by atoms with van der Waals surface area (Å²) in [5.74, 6) is 0.545. The van der Waals surface area contributed by atoms with Crippen LogP contribution in [0.1, 0.15) is 39.6 Å². The maximum atomic E-state index is 13.3. The molecule has 6 heteroatoms. The summed E-state index contributed by atoms with van der Waals surface area (Å²) in [6.07, 6.45) is 1.09. The fourth-order valence-electron chi connectivity index (χ4n) is 4.67. The number of carbonyl (C=O) groups excluding carboxylic acids is 1. The van der Waals surface area contributed by atoms with Crippen LogP contribution in [0.2, 0.25) is 0 Å². The van der Waals surface area contributed by atoms with Gasteiger partial charge in [0.05, 0.1) is 17.0 Å². The fourth-order valence-corrected chi connectivity index (χ4v) is 4.67. The lowest BCUT2D eigenvalue weighted by atomic mass is 9.81. The lowest BCUT2D eigenvalue weighted by Gasteiger charge is -2.36. The third-order valence-corrected chi connectivity index (χ3v) is 6.33. The minimum atomic E-state index is -0.263. The minimum absolute atomic E-state index is 0.0256. The predicted octanol–water partition coefficient (Wildman–Crippen LogP) is 4.16. The van der Waals surface area contributed by atoms with Crippen molar-refractivity contribution in [2.24, 2.45) is 0 Å². The van der Waals surface area contributed by atoms with Crippen molar-refractivity contribution >= 4 is 17.4 Å². The predicted molar refractivity (Wildman–Crippen MR) is 119 cm³/mol. The number of halogens is 1. The number of nitrogens with zero attached hydrogens (tertiary/aromatic N) is 4. The average Bonchev–Trinajstić information content (AvgIpc) is 2.79. The summed E-state index contributed by atoms with van der Waals surface area (Å²) in [7, 11) is 0. The monoisotopic (exact) mass is 416 g/mol. The first-order valence-electron chi connectivity index (χ1n) is 10.8. The number of ketones is 1. The number of anilines is 2. The molecule has 0 unspecified atom stereocenters. The Morgan fingerprint density at radius 2 is 1.55 bits per heavy atom. The van der Waals surface area contributed by atoms with E-state index in [-0.39, 0.29) is 17.5 Å². The molecular weight excluding hydrogens is 391 g/mol. The van der Waals surface area contributed by atoms with Gasteiger partial charge in [0.15, 0.2) is 5.78 Å². The van der Waals surface area contributed by atoms with E-state index in [0.717, 1.165) is 43.1 Å². The Morgan fingerprint density at radius 1 is 0.871 bits per heavy atom. The van der Waals surface area contributed by atoms with Crippen LogP contribution in [-0.4, -0.2) is 41.9 Å². The van der Waals surface area contributed by atoms with Crippen molar-refractivity contribution in [2.45, 2.75) is 25.7 Å². The Balaban J connectivity index is 1.36. The molecule has 5 rings (SSSR count). The van der Waals surface area contributed by atoms with Gasteiger partial charge in [-0.1, -0.05) is 30.3 Å². The highest BCUT2D eigenvalue weighted by molar-refractivity contribution is 5.99. The number of Topliss-reactive ketones (excluding diaryl/α,β-unsaturated/α-hetero) is 1. The van der Waals surface area contributed by atoms with Crippen molar-refractivity contribution in [1.29, 1.82) is 0 Å². The molecule has 5 nitrogen and oxygen atoms in total. The van der Waals surface area contributed by atoms with E-state index in [0.29, 0.717) is 24.4 Å². The normalized spacial score (nSPS) is 18.8. The van der Waals surface area contributed by atoms with E-state index >= 15 is 0 Å². The van der Waals surface area contributed by atoms with E-state index in [9.17, 15) is 9.18 Å². The van der Waals surface area contributed by atoms with Gasteiger partial charge in [0.2, 0.25) is 5.95 Å². The molecule has 3 aromatic rings. The molecule has 1 aliphatic heterocycles. The SMILES string of the molecule is Cc1nc(N2CCN(c3ccccc3)CC2)nc2c1C(=O)C[C@@H](c1ccc(F)cc1)C2. The van der Waals surface area contributed by atoms with Crippen molar-refractivity contribution < 1.29 is 9.18 Å². The molecule has 0 radical (unpaired) electrons. The Kier molecular flexibility index (Phi) is 5.14. The summed E-state index contributed by atoms with van der Waals surface area (Å²) in [4.78, 5) is 27.0. The summed E-state index contributed by atoms with van der Waals surface area (Å²) in [6, 6.07) is 16.9. The second kappa shape index (κ2) is 8.10. The molecule has 158 valence electrons. The van der Waals surface area contributed by atoms with E-state index < -0.39 is 0 Å². The van der Waals surface area contributed by atoms with Crippen LogP contribution in [0, 0.1) is 12.7 Å². The van der Waals surface area contributed by atoms with Crippen LogP contribution in [0.5, 0.6) is 0 Å². The van der Waals surface area contributed by atoms with Crippen LogP contribution in [0.4, 0.5) is 16.0 Å². The highest BCUT2D eigenvalue weighted by Gasteiger charge is 2.31. The number of aryl methyl sites for hydroxylation is 1. The zero-order valence-corrected chi connectivity index (χ0v) is 17.6. The Bertz CT molecular complexity index is 1090. The summed E-state index contributed by atoms with van der Waals surface area (Å²) in [5, 5.41) is 0. The molecule has 1 saturated heterocycles. The quantitative estimate of drug-likeness (QED) is 0.642. The summed E-state index contributed by atoms with van der Waals surface area (Å²) in [5.41, 5.74) is 4.46. The third-order valence-electron chi connectivity index (χ3n) is 6.33. The van der Waals surface area contributed by atoms with Gasteiger partial charge in [0.25, 0.3) is 0 Å². The topological polar surface area (TPSA) is 49.3 Å². The molecule has 2 heterocycles. The van der Waals surface area contributed by atoms with E-state index in [4.69, 9.17) is 9.97 Å². The van der Waals surface area contributed by atoms with Crippen molar-refractivity contribution in [1.82, 2.24) is 9.97 Å². The summed E-state index contributed by atoms with van der Waals surface area (Å²) in [6.45, 7) is 5.38. The molecule has 1 atom stereocenters. The van der Waals surface area contributed by atoms with Crippen LogP contribution >= 0.6 is 0 Å². The maximum Gasteiger partial charge on any atom is 0.225 e. The molecule has 0 amide bonds. The van der Waals surface area contributed by atoms with Gasteiger partial charge in [-0.15, -0.1) is 0 Å². The molecule has 1 aliphatic carbocycles. The number of benzene rings is 2. The second-order valence-electron chi connectivity index (χ2n) is 8.32. The Labute approximate surface area is 181 Å². The molecule has 2 aliphatic rings. The molecule has 0 saturated carbocycles. The molecule has 31 heavy (non-hydrogen) atoms. The van der Waals surface area contributed by atoms with Crippen molar-refractivity contribution in [2.75, 3.05) is 36.0 Å². The largest absolute Gasteiger partial charge is 0.368 e. The zero-order valence-electron chi connectivity index (χ0n) is 17.6. The van der Waals surface area contributed by atoms with E-state index in [1.54, 1.807) is 12.1 Å². The van der Waals surface area contributed by atoms with Gasteiger partial charge < -0.3 is 9.80 Å². The molecule has 2 aromatic carbocycles. The highest BCUT2D eigenvalue weighted by atomic mass is 19.1. The molecule has 0 bridgehead atoms. The van der Waals surface area contributed by atoms with Crippen molar-refractivity contribution in [3.05, 3.63) is 82.9 Å². The second-order valence-corrected chi connectivity index (χ2v) is 8.32. The van der Waals surface area contributed by atoms with Crippen LogP contribution in [-0.2, 0) is 6.42 Å². The molecule has 0 spiro atoms. The molecule has 0 N–H and O–H groups in total. The number of para-hydroxylation sites is 1. The number of aromatic nitrogens is 2. The van der Waals surface area contributed by atoms with Crippen LogP contribution in [0.25, 0.3) is 0 Å². The first-order valence-corrected chi connectivity index (χ1v) is 10.8. The smallest absolute Gasteiger partial charge is 0.225 e. The van der Waals surface area contributed by atoms with Gasteiger partial charge in [-0.05, 0) is 49.1 Å². The number of fused-ring (bicyclic) bond motifs is 1. The standard InChI is InChI=1S/C25H25FN4O/c1-17-24-22(15-19(16-23(24)31)18-7-9-20(26)10-8-18)28-25(27-17)30-13-11-29(12-14-30)21-5-3-2-4-6-21/h2-10,19H,11-16H2,1H3/t19-/m0/s1. The van der Waals surface area contributed by atoms with Crippen molar-refractivity contribution in [3.8, 4) is 0 Å². The highest BCUT2D eigenvalue weighted by Crippen LogP contribution is 2.34. The van der Waals surface area contributed by atoms with Crippen molar-refractivity contribution in [3.63, 3.8) is 0 Å². The fraction of sp³-hybridized carbons (Fsp3) is 0.320. The van der Waals surface area contributed by atoms with Crippen LogP contribution in [0.3, 0.4) is 0 Å². The number of carbonyl (C=O) groups is 1. The first-order chi connectivity index (χ1) is 15.1. The number of hydrogen-bond acceptors (Lipinski definition) is 5. The van der Waals surface area contributed by atoms with Gasteiger partial charge in [-0.2, -0.15) is 0 Å². The van der Waals surface area contributed by atoms with E-state index in [1.165, 1.54) is 17.8 Å². The number of rotatable bonds is 3. The minimum Gasteiger partial charge on any atom is -0.368 e. The van der Waals surface area contributed by atoms with Gasteiger partial charge in [-0.25, -0.2) is 14.4 Å². The average molecular weight is 417 g/mol. The van der Waals surface area contributed by atoms with E-state index in [2.05, 4.69) is 34.1 Å². The maximum absolute atomic E-state index is 13.3. The molecular formula is C25H25FN4O. The summed E-state index contributed by atoms with van der Waals surface area (Å²) < 4.78 is 13.3. The Hall–Kier alpha value is -3.28. The first kappa shape index (κ1) is 19.7.